The predicted octanol–water partition coefficient (Wildman–Crippen LogP) is 2.38. The van der Waals surface area contributed by atoms with Gasteiger partial charge in [-0.2, -0.15) is 0 Å². The summed E-state index contributed by atoms with van der Waals surface area (Å²) in [7, 11) is 3.09. The Hall–Kier alpha value is -2.34. The quantitative estimate of drug-likeness (QED) is 0.242. The normalized spacial score (nSPS) is 30.8. The Balaban J connectivity index is 1.97. The molecule has 4 N–H and O–H groups in total. The molecule has 2 bridgehead atoms. The number of aliphatic hydroxyl groups excluding tert-OH is 1. The van der Waals surface area contributed by atoms with Gasteiger partial charge < -0.3 is 20.5 Å². The van der Waals surface area contributed by atoms with E-state index in [0.717, 1.165) is 11.3 Å². The first-order chi connectivity index (χ1) is 18.7. The van der Waals surface area contributed by atoms with Gasteiger partial charge in [0.15, 0.2) is 11.9 Å². The number of aryl methyl sites for hydroxylation is 1. The van der Waals surface area contributed by atoms with Crippen LogP contribution in [0.25, 0.3) is 0 Å². The van der Waals surface area contributed by atoms with Gasteiger partial charge in [0.05, 0.1) is 18.0 Å². The fraction of sp³-hybridized carbons (Fsp3) is 0.571. The topological polar surface area (TPSA) is 134 Å². The van der Waals surface area contributed by atoms with Crippen LogP contribution in [-0.4, -0.2) is 70.6 Å². The summed E-state index contributed by atoms with van der Waals surface area (Å²) >= 11 is 0. The van der Waals surface area contributed by atoms with Crippen molar-refractivity contribution < 1.29 is 29.0 Å². The molecular formula is C28H39N3O6S2. The third-order valence-electron chi connectivity index (χ3n) is 6.73. The molecule has 6 atom stereocenters. The number of nitrogens with one attached hydrogen (secondary N) is 3. The molecule has 2 aliphatic rings. The average Bonchev–Trinajstić information content (AvgIpc) is 2.90. The van der Waals surface area contributed by atoms with E-state index in [9.17, 15) is 24.3 Å². The lowest BCUT2D eigenvalue weighted by molar-refractivity contribution is -0.156. The van der Waals surface area contributed by atoms with Crippen LogP contribution in [0.3, 0.4) is 0 Å². The number of hydrogen-bond donors (Lipinski definition) is 4. The van der Waals surface area contributed by atoms with Gasteiger partial charge in [-0.05, 0) is 43.7 Å². The average molecular weight is 578 g/mol. The van der Waals surface area contributed by atoms with Gasteiger partial charge in [-0.15, -0.1) is 0 Å². The van der Waals surface area contributed by atoms with Crippen LogP contribution in [0.1, 0.15) is 45.6 Å². The second-order valence-electron chi connectivity index (χ2n) is 10.3. The molecule has 39 heavy (non-hydrogen) atoms. The first-order valence-corrected chi connectivity index (χ1v) is 15.9. The number of aliphatic hydroxyl groups is 1. The molecule has 11 heteroatoms. The van der Waals surface area contributed by atoms with E-state index < -0.39 is 48.3 Å². The molecule has 1 aromatic rings. The minimum atomic E-state index is -1.27. The Bertz CT molecular complexity index is 1020. The molecule has 2 aliphatic heterocycles. The number of hydrogen-bond acceptors (Lipinski definition) is 9. The maximum absolute atomic E-state index is 13.6. The van der Waals surface area contributed by atoms with Gasteiger partial charge in [-0.3, -0.25) is 24.5 Å². The summed E-state index contributed by atoms with van der Waals surface area (Å²) in [5.74, 6) is -1.73. The lowest BCUT2D eigenvalue weighted by atomic mass is 9.92. The summed E-state index contributed by atoms with van der Waals surface area (Å²) in [5.41, 5.74) is 1.04. The van der Waals surface area contributed by atoms with Gasteiger partial charge in [-0.25, -0.2) is 0 Å². The summed E-state index contributed by atoms with van der Waals surface area (Å²) in [4.78, 5) is 53.1. The van der Waals surface area contributed by atoms with E-state index in [-0.39, 0.29) is 24.0 Å². The number of carbonyl (C=O) groups excluding carboxylic acids is 4. The highest BCUT2D eigenvalue weighted by Crippen LogP contribution is 2.27. The molecular weight excluding hydrogens is 538 g/mol. The van der Waals surface area contributed by atoms with Gasteiger partial charge in [0.25, 0.3) is 5.91 Å². The van der Waals surface area contributed by atoms with Crippen molar-refractivity contribution in [3.8, 4) is 0 Å². The van der Waals surface area contributed by atoms with E-state index in [1.807, 2.05) is 44.2 Å². The molecule has 0 spiro atoms. The molecule has 1 aromatic carbocycles. The van der Waals surface area contributed by atoms with Gasteiger partial charge in [0.1, 0.15) is 12.3 Å². The standard InChI is InChI=1S/C28H39N3O6S2/c1-17(2)24-22(32)15-20-16-39-38-14-8-7-11-23(27(35)31-24)37-28(36)18(3)29-26(34)21(30-25(20)33)13-12-19-9-5-4-6-10-19/h4-7,9-11,17-18,20-21,23-24,26,29,34H,8,12-16H2,1-3H3,(H,30,33)(H,31,35)/b11-7+. The number of Topliss-reactive ketones (excluding diaryl/α,β-unsaturated/α-hetero) is 1. The Morgan fingerprint density at radius 3 is 2.51 bits per heavy atom. The lowest BCUT2D eigenvalue weighted by Gasteiger charge is -2.29. The molecule has 3 rings (SSSR count). The smallest absolute Gasteiger partial charge is 0.324 e. The second kappa shape index (κ2) is 15.4. The Labute approximate surface area is 238 Å². The van der Waals surface area contributed by atoms with Gasteiger partial charge in [0, 0.05) is 17.9 Å². The Kier molecular flexibility index (Phi) is 12.4. The molecule has 0 aliphatic carbocycles. The first kappa shape index (κ1) is 31.2. The molecule has 214 valence electrons. The molecule has 0 saturated carbocycles. The highest BCUT2D eigenvalue weighted by Gasteiger charge is 2.35. The van der Waals surface area contributed by atoms with Crippen LogP contribution in [0.15, 0.2) is 42.5 Å². The van der Waals surface area contributed by atoms with Crippen LogP contribution in [0, 0.1) is 11.8 Å². The number of rotatable bonds is 4. The van der Waals surface area contributed by atoms with Crippen LogP contribution >= 0.6 is 21.6 Å². The van der Waals surface area contributed by atoms with E-state index in [1.165, 1.54) is 23.8 Å². The Morgan fingerprint density at radius 2 is 1.79 bits per heavy atom. The zero-order valence-electron chi connectivity index (χ0n) is 22.6. The molecule has 2 amide bonds. The van der Waals surface area contributed by atoms with Crippen LogP contribution in [0.4, 0.5) is 0 Å². The van der Waals surface area contributed by atoms with E-state index in [4.69, 9.17) is 4.74 Å². The number of allylic oxidation sites excluding steroid dienone is 1. The van der Waals surface area contributed by atoms with Gasteiger partial charge in [-0.1, -0.05) is 71.8 Å². The number of fused-ring (bicyclic) bond motifs is 6. The number of ketones is 1. The zero-order valence-corrected chi connectivity index (χ0v) is 24.3. The number of carbonyl (C=O) groups is 4. The van der Waals surface area contributed by atoms with Gasteiger partial charge in [0.2, 0.25) is 5.91 Å². The first-order valence-electron chi connectivity index (χ1n) is 13.4. The second-order valence-corrected chi connectivity index (χ2v) is 12.9. The van der Waals surface area contributed by atoms with Crippen LogP contribution in [0.2, 0.25) is 0 Å². The third-order valence-corrected chi connectivity index (χ3v) is 9.25. The fourth-order valence-electron chi connectivity index (χ4n) is 4.40. The maximum Gasteiger partial charge on any atom is 0.324 e. The fourth-order valence-corrected chi connectivity index (χ4v) is 6.70. The van der Waals surface area contributed by atoms with Crippen molar-refractivity contribution in [1.29, 1.82) is 0 Å². The summed E-state index contributed by atoms with van der Waals surface area (Å²) in [6.45, 7) is 5.17. The number of amides is 2. The number of ether oxygens (including phenoxy) is 1. The zero-order chi connectivity index (χ0) is 28.4. The summed E-state index contributed by atoms with van der Waals surface area (Å²) in [6.07, 6.45) is 2.35. The van der Waals surface area contributed by atoms with E-state index in [0.29, 0.717) is 25.0 Å². The number of benzene rings is 1. The van der Waals surface area contributed by atoms with Crippen molar-refractivity contribution in [3.05, 3.63) is 48.0 Å². The van der Waals surface area contributed by atoms with Gasteiger partial charge >= 0.3 is 5.97 Å². The van der Waals surface area contributed by atoms with Crippen molar-refractivity contribution >= 4 is 45.2 Å². The van der Waals surface area contributed by atoms with E-state index in [2.05, 4.69) is 16.0 Å². The largest absolute Gasteiger partial charge is 0.447 e. The Morgan fingerprint density at radius 1 is 1.05 bits per heavy atom. The van der Waals surface area contributed by atoms with Crippen LogP contribution < -0.4 is 16.0 Å². The molecule has 1 saturated heterocycles. The lowest BCUT2D eigenvalue weighted by Crippen LogP contribution is -2.55. The van der Waals surface area contributed by atoms with Crippen LogP contribution in [0.5, 0.6) is 0 Å². The number of esters is 1. The SMILES string of the molecule is CC1NC(O)C(CCc2ccccc2)NC(=O)C2CSSCC/C=C/C(OC1=O)C(=O)NC(C(C)C)C(=O)C2. The summed E-state index contributed by atoms with van der Waals surface area (Å²) in [5, 5.41) is 19.6. The highest BCUT2D eigenvalue weighted by molar-refractivity contribution is 8.76. The molecule has 0 radical (unpaired) electrons. The van der Waals surface area contributed by atoms with E-state index >= 15 is 0 Å². The van der Waals surface area contributed by atoms with Crippen molar-refractivity contribution in [3.63, 3.8) is 0 Å². The third kappa shape index (κ3) is 9.66. The molecule has 0 aromatic heterocycles. The van der Waals surface area contributed by atoms with Crippen molar-refractivity contribution in [2.45, 2.75) is 76.9 Å². The minimum Gasteiger partial charge on any atom is -0.447 e. The predicted molar refractivity (Wildman–Crippen MR) is 154 cm³/mol. The molecule has 6 unspecified atom stereocenters. The summed E-state index contributed by atoms with van der Waals surface area (Å²) in [6, 6.07) is 7.15. The molecule has 9 nitrogen and oxygen atoms in total. The van der Waals surface area contributed by atoms with Crippen molar-refractivity contribution in [2.75, 3.05) is 11.5 Å². The molecule has 1 fully saturated rings. The highest BCUT2D eigenvalue weighted by atomic mass is 33.1. The molecule has 2 heterocycles. The minimum absolute atomic E-state index is 0.0614. The van der Waals surface area contributed by atoms with Crippen molar-refractivity contribution in [1.82, 2.24) is 16.0 Å². The van der Waals surface area contributed by atoms with Crippen LogP contribution in [-0.2, 0) is 30.3 Å². The van der Waals surface area contributed by atoms with E-state index in [1.54, 1.807) is 16.9 Å². The summed E-state index contributed by atoms with van der Waals surface area (Å²) < 4.78 is 5.54. The monoisotopic (exact) mass is 577 g/mol. The van der Waals surface area contributed by atoms with Crippen molar-refractivity contribution in [2.24, 2.45) is 11.8 Å². The maximum atomic E-state index is 13.6.